The van der Waals surface area contributed by atoms with E-state index in [1.165, 1.54) is 6.39 Å². The lowest BCUT2D eigenvalue weighted by molar-refractivity contribution is -0.125. The number of Topliss-reactive ketones (excluding diaryl/α,β-unsaturated/α-hetero) is 1. The number of carbonyl (C=O) groups is 2. The zero-order valence-electron chi connectivity index (χ0n) is 13.2. The molecule has 2 heterocycles. The second-order valence-corrected chi connectivity index (χ2v) is 7.10. The van der Waals surface area contributed by atoms with Crippen LogP contribution in [-0.2, 0) is 4.79 Å². The van der Waals surface area contributed by atoms with E-state index in [2.05, 4.69) is 4.98 Å². The summed E-state index contributed by atoms with van der Waals surface area (Å²) in [7, 11) is 0. The number of hydrogen-bond donors (Lipinski definition) is 1. The fourth-order valence-corrected chi connectivity index (χ4v) is 3.78. The molecule has 2 aliphatic rings. The summed E-state index contributed by atoms with van der Waals surface area (Å²) in [6, 6.07) is 0. The molecule has 1 spiro atoms. The van der Waals surface area contributed by atoms with Crippen molar-refractivity contribution in [2.75, 3.05) is 13.1 Å². The van der Waals surface area contributed by atoms with Crippen LogP contribution in [0.25, 0.3) is 0 Å². The first-order chi connectivity index (χ1) is 10.2. The second kappa shape index (κ2) is 4.69. The Bertz CT molecular complexity index is 674. The van der Waals surface area contributed by atoms with E-state index in [0.717, 1.165) is 6.42 Å². The highest BCUT2D eigenvalue weighted by Crippen LogP contribution is 2.47. The van der Waals surface area contributed by atoms with Crippen LogP contribution in [0.15, 0.2) is 22.6 Å². The van der Waals surface area contributed by atoms with Crippen molar-refractivity contribution in [2.45, 2.75) is 33.6 Å². The van der Waals surface area contributed by atoms with Crippen LogP contribution in [0.4, 0.5) is 0 Å². The zero-order chi connectivity index (χ0) is 16.1. The van der Waals surface area contributed by atoms with Gasteiger partial charge in [0.1, 0.15) is 0 Å². The highest BCUT2D eigenvalue weighted by Gasteiger charge is 2.48. The molecule has 0 unspecified atom stereocenters. The molecule has 1 amide bonds. The normalized spacial score (nSPS) is 27.3. The van der Waals surface area contributed by atoms with Gasteiger partial charge in [-0.3, -0.25) is 9.59 Å². The maximum Gasteiger partial charge on any atom is 0.291 e. The van der Waals surface area contributed by atoms with Crippen molar-refractivity contribution >= 4 is 11.7 Å². The van der Waals surface area contributed by atoms with Crippen LogP contribution < -0.4 is 5.73 Å². The highest BCUT2D eigenvalue weighted by molar-refractivity contribution is 5.99. The second-order valence-electron chi connectivity index (χ2n) is 7.10. The predicted octanol–water partition coefficient (Wildman–Crippen LogP) is 1.66. The van der Waals surface area contributed by atoms with E-state index in [-0.39, 0.29) is 17.1 Å². The number of ketones is 1. The average molecular weight is 303 g/mol. The molecule has 3 rings (SSSR count). The summed E-state index contributed by atoms with van der Waals surface area (Å²) in [5, 5.41) is 0. The molecular weight excluding hydrogens is 282 g/mol. The van der Waals surface area contributed by atoms with Gasteiger partial charge in [0.15, 0.2) is 12.2 Å². The van der Waals surface area contributed by atoms with Crippen molar-refractivity contribution in [3.05, 3.63) is 29.6 Å². The van der Waals surface area contributed by atoms with Crippen molar-refractivity contribution < 1.29 is 14.0 Å². The monoisotopic (exact) mass is 303 g/mol. The van der Waals surface area contributed by atoms with Gasteiger partial charge in [0.05, 0.1) is 11.4 Å². The molecule has 0 radical (unpaired) electrons. The van der Waals surface area contributed by atoms with Crippen LogP contribution in [0.1, 0.15) is 42.9 Å². The Morgan fingerprint density at radius 1 is 1.45 bits per heavy atom. The zero-order valence-corrected chi connectivity index (χ0v) is 13.2. The summed E-state index contributed by atoms with van der Waals surface area (Å²) >= 11 is 0. The molecule has 0 aromatic carbocycles. The fraction of sp³-hybridized carbons (Fsp3) is 0.562. The number of likely N-dealkylation sites (tertiary alicyclic amines) is 1. The van der Waals surface area contributed by atoms with E-state index < -0.39 is 5.41 Å². The van der Waals surface area contributed by atoms with Gasteiger partial charge in [-0.2, -0.15) is 0 Å². The Kier molecular flexibility index (Phi) is 3.16. The summed E-state index contributed by atoms with van der Waals surface area (Å²) in [5.41, 5.74) is 6.14. The van der Waals surface area contributed by atoms with Crippen LogP contribution in [0, 0.1) is 17.8 Å². The lowest BCUT2D eigenvalue weighted by Crippen LogP contribution is -2.42. The quantitative estimate of drug-likeness (QED) is 0.852. The van der Waals surface area contributed by atoms with Gasteiger partial charge in [0.2, 0.25) is 5.76 Å². The number of aryl methyl sites for hydroxylation is 1. The van der Waals surface area contributed by atoms with Gasteiger partial charge >= 0.3 is 0 Å². The van der Waals surface area contributed by atoms with Gasteiger partial charge < -0.3 is 15.1 Å². The third-order valence-electron chi connectivity index (χ3n) is 4.74. The van der Waals surface area contributed by atoms with Crippen LogP contribution in [0.3, 0.4) is 0 Å². The Labute approximate surface area is 129 Å². The van der Waals surface area contributed by atoms with E-state index >= 15 is 0 Å². The van der Waals surface area contributed by atoms with Crippen LogP contribution in [0.5, 0.6) is 0 Å². The van der Waals surface area contributed by atoms with Crippen molar-refractivity contribution in [3.8, 4) is 0 Å². The lowest BCUT2D eigenvalue weighted by atomic mass is 9.65. The highest BCUT2D eigenvalue weighted by atomic mass is 16.3. The molecule has 1 aromatic rings. The molecule has 1 aliphatic heterocycles. The summed E-state index contributed by atoms with van der Waals surface area (Å²) in [6.45, 7) is 6.78. The number of carbonyl (C=O) groups excluding carboxylic acids is 2. The summed E-state index contributed by atoms with van der Waals surface area (Å²) in [4.78, 5) is 30.4. The number of amides is 1. The van der Waals surface area contributed by atoms with Crippen LogP contribution >= 0.6 is 0 Å². The third kappa shape index (κ3) is 2.23. The molecule has 1 aromatic heterocycles. The molecule has 0 bridgehead atoms. The first kappa shape index (κ1) is 14.8. The lowest BCUT2D eigenvalue weighted by Gasteiger charge is -2.39. The molecule has 0 saturated carbocycles. The number of nitrogens with zero attached hydrogens (tertiary/aromatic N) is 2. The van der Waals surface area contributed by atoms with Gasteiger partial charge in [-0.15, -0.1) is 0 Å². The smallest absolute Gasteiger partial charge is 0.291 e. The maximum atomic E-state index is 12.5. The fourth-order valence-electron chi connectivity index (χ4n) is 3.78. The van der Waals surface area contributed by atoms with E-state index in [9.17, 15) is 9.59 Å². The Morgan fingerprint density at radius 2 is 2.18 bits per heavy atom. The predicted molar refractivity (Wildman–Crippen MR) is 79.9 cm³/mol. The van der Waals surface area contributed by atoms with Gasteiger partial charge in [-0.05, 0) is 25.8 Å². The first-order valence-corrected chi connectivity index (χ1v) is 7.47. The van der Waals surface area contributed by atoms with Gasteiger partial charge in [0, 0.05) is 23.9 Å². The van der Waals surface area contributed by atoms with Crippen LogP contribution in [0.2, 0.25) is 0 Å². The van der Waals surface area contributed by atoms with Crippen molar-refractivity contribution in [3.63, 3.8) is 0 Å². The molecule has 1 fully saturated rings. The number of aromatic nitrogens is 1. The van der Waals surface area contributed by atoms with Crippen molar-refractivity contribution in [1.82, 2.24) is 9.88 Å². The Morgan fingerprint density at radius 3 is 2.77 bits per heavy atom. The minimum Gasteiger partial charge on any atom is -0.438 e. The van der Waals surface area contributed by atoms with E-state index in [1.807, 2.05) is 19.9 Å². The molecule has 6 nitrogen and oxygen atoms in total. The van der Waals surface area contributed by atoms with E-state index in [4.69, 9.17) is 10.2 Å². The molecule has 22 heavy (non-hydrogen) atoms. The van der Waals surface area contributed by atoms with Crippen molar-refractivity contribution in [2.24, 2.45) is 16.6 Å². The SMILES string of the molecule is Cc1ncoc1C(=O)N1CC[C@]2(C=C(N)C(=O)C(C)(C)C2)C1. The number of allylic oxidation sites excluding steroid dienone is 1. The molecule has 1 atom stereocenters. The summed E-state index contributed by atoms with van der Waals surface area (Å²) in [5.74, 6) is 0.141. The maximum absolute atomic E-state index is 12.5. The standard InChI is InChI=1S/C16H21N3O3/c1-10-12(22-9-18-10)14(21)19-5-4-16(8-19)6-11(17)13(20)15(2,3)7-16/h6,9H,4-5,7-8,17H2,1-3H3/t16-/m1/s1. The molecular formula is C16H21N3O3. The minimum atomic E-state index is -0.486. The van der Waals surface area contributed by atoms with Gasteiger partial charge in [0.25, 0.3) is 5.91 Å². The molecule has 1 saturated heterocycles. The largest absolute Gasteiger partial charge is 0.438 e. The topological polar surface area (TPSA) is 89.4 Å². The number of hydrogen-bond acceptors (Lipinski definition) is 5. The van der Waals surface area contributed by atoms with E-state index in [0.29, 0.717) is 36.7 Å². The molecule has 118 valence electrons. The Balaban J connectivity index is 1.85. The minimum absolute atomic E-state index is 0.00557. The van der Waals surface area contributed by atoms with Gasteiger partial charge in [-0.25, -0.2) is 4.98 Å². The summed E-state index contributed by atoms with van der Waals surface area (Å²) < 4.78 is 5.20. The average Bonchev–Trinajstić information content (AvgIpc) is 3.02. The van der Waals surface area contributed by atoms with Gasteiger partial charge in [-0.1, -0.05) is 13.8 Å². The molecule has 6 heteroatoms. The Hall–Kier alpha value is -2.11. The number of rotatable bonds is 1. The third-order valence-corrected chi connectivity index (χ3v) is 4.74. The van der Waals surface area contributed by atoms with Crippen LogP contribution in [-0.4, -0.2) is 34.7 Å². The summed E-state index contributed by atoms with van der Waals surface area (Å²) in [6.07, 6.45) is 4.66. The molecule has 1 aliphatic carbocycles. The number of nitrogens with two attached hydrogens (primary N) is 1. The molecule has 2 N–H and O–H groups in total. The van der Waals surface area contributed by atoms with E-state index in [1.54, 1.807) is 11.8 Å². The first-order valence-electron chi connectivity index (χ1n) is 7.47. The number of oxazole rings is 1. The van der Waals surface area contributed by atoms with Crippen molar-refractivity contribution in [1.29, 1.82) is 0 Å².